The van der Waals surface area contributed by atoms with Gasteiger partial charge in [-0.1, -0.05) is 59.8 Å². The van der Waals surface area contributed by atoms with Crippen LogP contribution in [0.1, 0.15) is 79.6 Å². The van der Waals surface area contributed by atoms with Gasteiger partial charge in [-0.15, -0.1) is 18.8 Å². The zero-order chi connectivity index (χ0) is 34.7. The molecular weight excluding hydrogens is 610 g/mol. The molecule has 46 heavy (non-hydrogen) atoms. The normalized spacial score (nSPS) is 24.2. The Morgan fingerprint density at radius 3 is 2.17 bits per heavy atom. The van der Waals surface area contributed by atoms with E-state index >= 15 is 0 Å². The Hall–Kier alpha value is -3.58. The van der Waals surface area contributed by atoms with Crippen molar-refractivity contribution in [1.29, 1.82) is 0 Å². The van der Waals surface area contributed by atoms with Crippen molar-refractivity contribution in [2.24, 2.45) is 22.7 Å². The van der Waals surface area contributed by atoms with E-state index in [9.17, 15) is 32.4 Å². The number of carbonyl (C=O) groups is 5. The van der Waals surface area contributed by atoms with Gasteiger partial charge < -0.3 is 26.2 Å². The van der Waals surface area contributed by atoms with E-state index in [0.717, 1.165) is 25.5 Å². The summed E-state index contributed by atoms with van der Waals surface area (Å²) in [5.74, 6) is 1.36. The second-order valence-corrected chi connectivity index (χ2v) is 16.9. The van der Waals surface area contributed by atoms with Crippen molar-refractivity contribution in [2.75, 3.05) is 25.1 Å². The van der Waals surface area contributed by atoms with Crippen molar-refractivity contribution in [2.45, 2.75) is 103 Å². The van der Waals surface area contributed by atoms with E-state index in [2.05, 4.69) is 33.1 Å². The van der Waals surface area contributed by atoms with Crippen LogP contribution in [0.15, 0.2) is 0 Å². The highest BCUT2D eigenvalue weighted by atomic mass is 32.2. The summed E-state index contributed by atoms with van der Waals surface area (Å²) in [7, 11) is -3.41. The Morgan fingerprint density at radius 2 is 1.63 bits per heavy atom. The first-order valence-electron chi connectivity index (χ1n) is 15.8. The number of nitrogens with zero attached hydrogens (tertiary/aromatic N) is 1. The lowest BCUT2D eigenvalue weighted by Gasteiger charge is -2.40. The molecule has 1 aliphatic heterocycles. The lowest BCUT2D eigenvalue weighted by Crippen LogP contribution is -2.63. The Morgan fingerprint density at radius 1 is 1.00 bits per heavy atom. The van der Waals surface area contributed by atoms with Crippen LogP contribution in [-0.4, -0.2) is 91.6 Å². The maximum atomic E-state index is 14.3. The van der Waals surface area contributed by atoms with Crippen LogP contribution in [0.2, 0.25) is 0 Å². The molecule has 13 heteroatoms. The number of urea groups is 1. The summed E-state index contributed by atoms with van der Waals surface area (Å²) < 4.78 is 24.5. The van der Waals surface area contributed by atoms with Crippen molar-refractivity contribution in [3.8, 4) is 24.7 Å². The number of sulfone groups is 1. The molecule has 5 amide bonds. The van der Waals surface area contributed by atoms with E-state index in [4.69, 9.17) is 12.8 Å². The number of ketones is 1. The van der Waals surface area contributed by atoms with E-state index in [1.165, 1.54) is 4.90 Å². The molecule has 0 radical (unpaired) electrons. The van der Waals surface area contributed by atoms with Crippen LogP contribution in [0.3, 0.4) is 0 Å². The third-order valence-electron chi connectivity index (χ3n) is 9.66. The van der Waals surface area contributed by atoms with Crippen molar-refractivity contribution in [3.63, 3.8) is 0 Å². The van der Waals surface area contributed by atoms with E-state index in [-0.39, 0.29) is 48.9 Å². The fourth-order valence-electron chi connectivity index (χ4n) is 7.20. The van der Waals surface area contributed by atoms with Crippen molar-refractivity contribution in [1.82, 2.24) is 26.2 Å². The predicted octanol–water partition coefficient (Wildman–Crippen LogP) is 1.15. The third kappa shape index (κ3) is 8.61. The number of piperidine rings is 1. The smallest absolute Gasteiger partial charge is 0.315 e. The minimum atomic E-state index is -3.41. The van der Waals surface area contributed by atoms with E-state index < -0.39 is 68.5 Å². The minimum Gasteiger partial charge on any atom is -0.344 e. The van der Waals surface area contributed by atoms with Gasteiger partial charge in [0.2, 0.25) is 17.6 Å². The van der Waals surface area contributed by atoms with Gasteiger partial charge in [0.15, 0.2) is 0 Å². The van der Waals surface area contributed by atoms with E-state index in [1.807, 2.05) is 13.8 Å². The Labute approximate surface area is 273 Å². The first-order valence-corrected chi connectivity index (χ1v) is 17.9. The molecule has 0 bridgehead atoms. The second-order valence-electron chi connectivity index (χ2n) is 14.8. The van der Waals surface area contributed by atoms with Gasteiger partial charge in [0.25, 0.3) is 5.91 Å². The zero-order valence-electron chi connectivity index (χ0n) is 27.8. The Bertz CT molecular complexity index is 1410. The average Bonchev–Trinajstić information content (AvgIpc) is 3.26. The number of likely N-dealkylation sites (tertiary alicyclic amines) is 1. The summed E-state index contributed by atoms with van der Waals surface area (Å²) in [5.41, 5.74) is -1.97. The molecule has 4 N–H and O–H groups in total. The molecule has 3 aliphatic rings. The molecule has 0 aromatic carbocycles. The van der Waals surface area contributed by atoms with Gasteiger partial charge >= 0.3 is 6.03 Å². The summed E-state index contributed by atoms with van der Waals surface area (Å²) >= 11 is 0. The van der Waals surface area contributed by atoms with Crippen LogP contribution < -0.4 is 21.3 Å². The second kappa shape index (κ2) is 14.0. The number of terminal acetylenes is 2. The average molecular weight is 660 g/mol. The molecule has 2 saturated carbocycles. The Kier molecular flexibility index (Phi) is 11.3. The molecule has 2 aliphatic carbocycles. The van der Waals surface area contributed by atoms with E-state index in [1.54, 1.807) is 20.8 Å². The summed E-state index contributed by atoms with van der Waals surface area (Å²) in [4.78, 5) is 68.4. The number of amides is 5. The van der Waals surface area contributed by atoms with Gasteiger partial charge in [0.05, 0.1) is 23.9 Å². The van der Waals surface area contributed by atoms with Crippen molar-refractivity contribution in [3.05, 3.63) is 0 Å². The van der Waals surface area contributed by atoms with Crippen LogP contribution >= 0.6 is 0 Å². The maximum Gasteiger partial charge on any atom is 0.315 e. The molecule has 1 unspecified atom stereocenters. The molecule has 3 fully saturated rings. The van der Waals surface area contributed by atoms with Crippen LogP contribution in [0.5, 0.6) is 0 Å². The molecule has 12 nitrogen and oxygen atoms in total. The lowest BCUT2D eigenvalue weighted by molar-refractivity contribution is -0.145. The molecule has 0 spiro atoms. The molecule has 1 saturated heterocycles. The number of Topliss-reactive ketones (excluding diaryl/α,β-unsaturated/α-hetero) is 1. The molecular formula is C33H49N5O7S. The SMILES string of the molecule is C#CCCC(NC(=O)[C@@H]1[C@@H]2[C@H](CN1C(=O)[C@@H](NC(=O)NC1(CS(C)(=O)=O)CCCCC1)C(C)(C)C)C2(C)C)C(=O)C(=O)NCC#C. The zero-order valence-corrected chi connectivity index (χ0v) is 28.6. The van der Waals surface area contributed by atoms with Gasteiger partial charge in [-0.05, 0) is 41.9 Å². The van der Waals surface area contributed by atoms with Crippen molar-refractivity contribution < 1.29 is 32.4 Å². The van der Waals surface area contributed by atoms with E-state index in [0.29, 0.717) is 12.8 Å². The number of hydrogen-bond acceptors (Lipinski definition) is 7. The van der Waals surface area contributed by atoms with Gasteiger partial charge in [-0.2, -0.15) is 0 Å². The molecule has 0 aromatic rings. The molecule has 254 valence electrons. The number of rotatable bonds is 12. The molecule has 3 rings (SSSR count). The van der Waals surface area contributed by atoms with Crippen LogP contribution in [0.25, 0.3) is 0 Å². The largest absolute Gasteiger partial charge is 0.344 e. The highest BCUT2D eigenvalue weighted by Gasteiger charge is 2.70. The van der Waals surface area contributed by atoms with Crippen LogP contribution in [-0.2, 0) is 29.0 Å². The van der Waals surface area contributed by atoms with Gasteiger partial charge in [-0.25, -0.2) is 13.2 Å². The first-order chi connectivity index (χ1) is 21.3. The lowest BCUT2D eigenvalue weighted by atomic mass is 9.83. The highest BCUT2D eigenvalue weighted by molar-refractivity contribution is 7.90. The topological polar surface area (TPSA) is 171 Å². The summed E-state index contributed by atoms with van der Waals surface area (Å²) in [5, 5.41) is 10.7. The number of hydrogen-bond donors (Lipinski definition) is 4. The quantitative estimate of drug-likeness (QED) is 0.180. The number of carbonyl (C=O) groups excluding carboxylic acids is 5. The fraction of sp³-hybridized carbons (Fsp3) is 0.727. The first kappa shape index (κ1) is 36.9. The summed E-state index contributed by atoms with van der Waals surface area (Å²) in [6, 6.07) is -3.88. The molecule has 0 aromatic heterocycles. The predicted molar refractivity (Wildman–Crippen MR) is 174 cm³/mol. The minimum absolute atomic E-state index is 0.0145. The summed E-state index contributed by atoms with van der Waals surface area (Å²) in [6.07, 6.45) is 15.4. The van der Waals surface area contributed by atoms with Crippen LogP contribution in [0, 0.1) is 47.4 Å². The monoisotopic (exact) mass is 659 g/mol. The van der Waals surface area contributed by atoms with Gasteiger partial charge in [0.1, 0.15) is 21.9 Å². The highest BCUT2D eigenvalue weighted by Crippen LogP contribution is 2.65. The third-order valence-corrected chi connectivity index (χ3v) is 10.7. The van der Waals surface area contributed by atoms with Gasteiger partial charge in [-0.3, -0.25) is 19.2 Å². The van der Waals surface area contributed by atoms with Gasteiger partial charge in [0, 0.05) is 19.2 Å². The Balaban J connectivity index is 1.85. The maximum absolute atomic E-state index is 14.3. The number of nitrogens with one attached hydrogen (secondary N) is 4. The fourth-order valence-corrected chi connectivity index (χ4v) is 8.57. The molecule has 1 heterocycles. The standard InChI is InChI=1S/C33H49N5O7S/c1-9-11-15-22(25(39)28(41)34-18-10-2)35-27(40)24-23-21(32(23,6)7)19-38(24)29(42)26(31(3,4)5)36-30(43)37-33(20-46(8,44)45)16-13-12-14-17-33/h1-2,21-24,26H,11-20H2,3-8H3,(H,34,41)(H,35,40)(H2,36,37,43)/t21-,22?,23-,24-,26+/m0/s1. The number of fused-ring (bicyclic) bond motifs is 1. The van der Waals surface area contributed by atoms with Crippen molar-refractivity contribution >= 4 is 39.4 Å². The van der Waals surface area contributed by atoms with Crippen LogP contribution in [0.4, 0.5) is 4.79 Å². The summed E-state index contributed by atoms with van der Waals surface area (Å²) in [6.45, 7) is 9.51. The molecule has 5 atom stereocenters.